The van der Waals surface area contributed by atoms with Gasteiger partial charge < -0.3 is 14.9 Å². The van der Waals surface area contributed by atoms with Crippen LogP contribution >= 0.6 is 0 Å². The van der Waals surface area contributed by atoms with Crippen molar-refractivity contribution >= 4 is 11.6 Å². The van der Waals surface area contributed by atoms with Crippen LogP contribution in [0.5, 0.6) is 0 Å². The summed E-state index contributed by atoms with van der Waals surface area (Å²) in [6.07, 6.45) is 13.1. The lowest BCUT2D eigenvalue weighted by molar-refractivity contribution is 0.0167. The number of carbonyl (C=O) groups excluding carboxylic acids is 1. The van der Waals surface area contributed by atoms with Crippen LogP contribution in [0, 0.1) is 0 Å². The Hall–Kier alpha value is -3.19. The Morgan fingerprint density at radius 3 is 2.63 bits per heavy atom. The second-order valence-corrected chi connectivity index (χ2v) is 10.4. The van der Waals surface area contributed by atoms with E-state index in [1.54, 1.807) is 4.68 Å². The molecule has 0 radical (unpaired) electrons. The van der Waals surface area contributed by atoms with Crippen molar-refractivity contribution in [3.63, 3.8) is 0 Å². The number of hydrogen-bond acceptors (Lipinski definition) is 5. The molecule has 3 heterocycles. The Labute approximate surface area is 206 Å². The maximum absolute atomic E-state index is 13.8. The van der Waals surface area contributed by atoms with Crippen LogP contribution < -0.4 is 4.90 Å². The number of aliphatic hydroxyl groups is 1. The highest BCUT2D eigenvalue weighted by molar-refractivity contribution is 6.03. The summed E-state index contributed by atoms with van der Waals surface area (Å²) in [5.74, 6) is 0.0741. The Kier molecular flexibility index (Phi) is 5.60. The number of aliphatic hydroxyl groups excluding tert-OH is 1. The highest BCUT2D eigenvalue weighted by atomic mass is 16.3. The lowest BCUT2D eigenvalue weighted by atomic mass is 9.88. The molecule has 7 heteroatoms. The lowest BCUT2D eigenvalue weighted by Gasteiger charge is -2.44. The normalized spacial score (nSPS) is 21.9. The third kappa shape index (κ3) is 3.92. The first-order valence-corrected chi connectivity index (χ1v) is 12.8. The summed E-state index contributed by atoms with van der Waals surface area (Å²) in [6.45, 7) is 0.555. The number of benzene rings is 1. The summed E-state index contributed by atoms with van der Waals surface area (Å²) < 4.78 is 1.78. The molecule has 1 aromatic carbocycles. The van der Waals surface area contributed by atoms with Crippen LogP contribution in [-0.4, -0.2) is 56.5 Å². The Morgan fingerprint density at radius 2 is 1.89 bits per heavy atom. The summed E-state index contributed by atoms with van der Waals surface area (Å²) in [4.78, 5) is 22.6. The predicted octanol–water partition coefficient (Wildman–Crippen LogP) is 3.71. The summed E-state index contributed by atoms with van der Waals surface area (Å²) in [7, 11) is 4.00. The van der Waals surface area contributed by atoms with Crippen LogP contribution in [0.1, 0.15) is 64.7 Å². The fourth-order valence-corrected chi connectivity index (χ4v) is 6.31. The molecule has 3 aliphatic rings. The number of carbonyl (C=O) groups is 1. The number of hydrogen-bond donors (Lipinski definition) is 1. The molecule has 0 unspecified atom stereocenters. The van der Waals surface area contributed by atoms with Crippen molar-refractivity contribution in [3.8, 4) is 11.3 Å². The first-order valence-electron chi connectivity index (χ1n) is 12.8. The molecule has 0 bridgehead atoms. The van der Waals surface area contributed by atoms with Gasteiger partial charge in [0.05, 0.1) is 42.0 Å². The number of rotatable bonds is 4. The zero-order chi connectivity index (χ0) is 24.1. The van der Waals surface area contributed by atoms with Gasteiger partial charge in [-0.2, -0.15) is 5.10 Å². The highest BCUT2D eigenvalue weighted by Crippen LogP contribution is 2.41. The van der Waals surface area contributed by atoms with Gasteiger partial charge in [0, 0.05) is 32.1 Å². The van der Waals surface area contributed by atoms with E-state index in [1.807, 2.05) is 30.5 Å². The van der Waals surface area contributed by atoms with E-state index in [0.717, 1.165) is 79.4 Å². The molecular weight excluding hydrogens is 438 g/mol. The largest absolute Gasteiger partial charge is 0.391 e. The smallest absolute Gasteiger partial charge is 0.257 e. The number of amides is 1. The SMILES string of the molecule is CN1CN([C@H]2CCCC[C@@H]2O)C(=O)c2cc(Cc3ccc(-c4cnn(C)c4)nc3)c3c(c21)CCC3. The zero-order valence-corrected chi connectivity index (χ0v) is 20.6. The van der Waals surface area contributed by atoms with Crippen LogP contribution in [-0.2, 0) is 26.3 Å². The number of pyridine rings is 1. The zero-order valence-electron chi connectivity index (χ0n) is 20.6. The second-order valence-electron chi connectivity index (χ2n) is 10.4. The Bertz CT molecular complexity index is 1270. The van der Waals surface area contributed by atoms with Crippen molar-refractivity contribution in [2.24, 2.45) is 7.05 Å². The molecular formula is C28H33N5O2. The second kappa shape index (κ2) is 8.79. The van der Waals surface area contributed by atoms with E-state index in [-0.39, 0.29) is 11.9 Å². The molecule has 182 valence electrons. The number of anilines is 1. The van der Waals surface area contributed by atoms with E-state index < -0.39 is 6.10 Å². The molecule has 0 saturated heterocycles. The van der Waals surface area contributed by atoms with Crippen molar-refractivity contribution in [1.29, 1.82) is 0 Å². The van der Waals surface area contributed by atoms with Gasteiger partial charge in [0.15, 0.2) is 0 Å². The van der Waals surface area contributed by atoms with Gasteiger partial charge in [-0.25, -0.2) is 0 Å². The third-order valence-corrected chi connectivity index (χ3v) is 8.02. The molecule has 2 aromatic heterocycles. The highest BCUT2D eigenvalue weighted by Gasteiger charge is 2.39. The van der Waals surface area contributed by atoms with Gasteiger partial charge in [-0.1, -0.05) is 18.9 Å². The standard InChI is InChI=1S/C28H33N5O2/c1-31-17-33(25-8-3-4-9-26(25)34)28(35)23-13-19(21-6-5-7-22(21)27(23)31)12-18-10-11-24(29-14-18)20-15-30-32(2)16-20/h10-11,13-16,25-26,34H,3-9,12,17H2,1-2H3/t25-,26-/m0/s1. The van der Waals surface area contributed by atoms with Gasteiger partial charge >= 0.3 is 0 Å². The molecule has 1 aliphatic heterocycles. The quantitative estimate of drug-likeness (QED) is 0.628. The van der Waals surface area contributed by atoms with E-state index >= 15 is 0 Å². The van der Waals surface area contributed by atoms with Gasteiger partial charge in [0.1, 0.15) is 0 Å². The lowest BCUT2D eigenvalue weighted by Crippen LogP contribution is -2.55. The molecule has 7 nitrogen and oxygen atoms in total. The molecule has 2 aliphatic carbocycles. The van der Waals surface area contributed by atoms with Crippen molar-refractivity contribution in [2.75, 3.05) is 18.6 Å². The molecule has 1 N–H and O–H groups in total. The minimum Gasteiger partial charge on any atom is -0.391 e. The third-order valence-electron chi connectivity index (χ3n) is 8.02. The molecule has 3 aromatic rings. The van der Waals surface area contributed by atoms with E-state index in [9.17, 15) is 9.90 Å². The Morgan fingerprint density at radius 1 is 1.06 bits per heavy atom. The molecule has 6 rings (SSSR count). The van der Waals surface area contributed by atoms with Crippen molar-refractivity contribution in [3.05, 3.63) is 64.6 Å². The predicted molar refractivity (Wildman–Crippen MR) is 135 cm³/mol. The van der Waals surface area contributed by atoms with Crippen molar-refractivity contribution in [2.45, 2.75) is 63.5 Å². The molecule has 1 saturated carbocycles. The molecule has 1 fully saturated rings. The maximum Gasteiger partial charge on any atom is 0.257 e. The van der Waals surface area contributed by atoms with E-state index in [2.05, 4.69) is 40.2 Å². The van der Waals surface area contributed by atoms with Crippen LogP contribution in [0.25, 0.3) is 11.3 Å². The first-order chi connectivity index (χ1) is 17.0. The van der Waals surface area contributed by atoms with Gasteiger partial charge in [-0.15, -0.1) is 0 Å². The van der Waals surface area contributed by atoms with E-state index in [1.165, 1.54) is 16.7 Å². The van der Waals surface area contributed by atoms with Crippen LogP contribution in [0.4, 0.5) is 5.69 Å². The van der Waals surface area contributed by atoms with E-state index in [0.29, 0.717) is 6.67 Å². The van der Waals surface area contributed by atoms with Gasteiger partial charge in [-0.3, -0.25) is 14.5 Å². The summed E-state index contributed by atoms with van der Waals surface area (Å²) in [5.41, 5.74) is 8.96. The molecule has 0 spiro atoms. The fraction of sp³-hybridized carbons (Fsp3) is 0.464. The van der Waals surface area contributed by atoms with Crippen LogP contribution in [0.2, 0.25) is 0 Å². The van der Waals surface area contributed by atoms with Crippen molar-refractivity contribution in [1.82, 2.24) is 19.7 Å². The molecule has 35 heavy (non-hydrogen) atoms. The minimum absolute atomic E-state index is 0.0741. The first kappa shape index (κ1) is 22.3. The average molecular weight is 472 g/mol. The number of aryl methyl sites for hydroxylation is 1. The van der Waals surface area contributed by atoms with Gasteiger partial charge in [-0.05, 0) is 72.9 Å². The van der Waals surface area contributed by atoms with E-state index in [4.69, 9.17) is 0 Å². The summed E-state index contributed by atoms with van der Waals surface area (Å²) in [6, 6.07) is 6.23. The monoisotopic (exact) mass is 471 g/mol. The van der Waals surface area contributed by atoms with Crippen LogP contribution in [0.3, 0.4) is 0 Å². The summed E-state index contributed by atoms with van der Waals surface area (Å²) >= 11 is 0. The topological polar surface area (TPSA) is 74.5 Å². The Balaban J connectivity index is 1.33. The van der Waals surface area contributed by atoms with Gasteiger partial charge in [0.25, 0.3) is 5.91 Å². The van der Waals surface area contributed by atoms with Crippen LogP contribution in [0.15, 0.2) is 36.8 Å². The number of aromatic nitrogens is 3. The average Bonchev–Trinajstić information content (AvgIpc) is 3.52. The molecule has 2 atom stereocenters. The maximum atomic E-state index is 13.8. The molecule has 1 amide bonds. The number of fused-ring (bicyclic) bond motifs is 3. The minimum atomic E-state index is -0.430. The van der Waals surface area contributed by atoms with Gasteiger partial charge in [0.2, 0.25) is 0 Å². The fourth-order valence-electron chi connectivity index (χ4n) is 6.31. The van der Waals surface area contributed by atoms with Crippen molar-refractivity contribution < 1.29 is 9.90 Å². The number of nitrogens with zero attached hydrogens (tertiary/aromatic N) is 5. The summed E-state index contributed by atoms with van der Waals surface area (Å²) in [5, 5.41) is 14.9.